The van der Waals surface area contributed by atoms with Gasteiger partial charge < -0.3 is 5.73 Å². The van der Waals surface area contributed by atoms with Crippen LogP contribution in [0.2, 0.25) is 0 Å². The molecular formula is C13H17FN4O2S. The van der Waals surface area contributed by atoms with Crippen molar-refractivity contribution in [2.24, 2.45) is 0 Å². The van der Waals surface area contributed by atoms with Crippen molar-refractivity contribution in [1.29, 1.82) is 0 Å². The lowest BCUT2D eigenvalue weighted by Gasteiger charge is -2.07. The highest BCUT2D eigenvalue weighted by atomic mass is 32.2. The molecule has 3 N–H and O–H groups in total. The van der Waals surface area contributed by atoms with E-state index in [0.29, 0.717) is 12.1 Å². The van der Waals surface area contributed by atoms with Crippen molar-refractivity contribution >= 4 is 21.5 Å². The lowest BCUT2D eigenvalue weighted by atomic mass is 10.2. The molecule has 1 aromatic carbocycles. The number of nitrogens with zero attached hydrogens (tertiary/aromatic N) is 2. The first-order valence-electron chi connectivity index (χ1n) is 6.45. The number of anilines is 2. The summed E-state index contributed by atoms with van der Waals surface area (Å²) in [7, 11) is -3.85. The summed E-state index contributed by atoms with van der Waals surface area (Å²) in [6, 6.07) is 3.98. The highest BCUT2D eigenvalue weighted by molar-refractivity contribution is 7.92. The molecule has 0 aliphatic rings. The molecule has 0 fully saturated rings. The van der Waals surface area contributed by atoms with Crippen LogP contribution in [0.15, 0.2) is 29.3 Å². The van der Waals surface area contributed by atoms with Crippen LogP contribution in [-0.4, -0.2) is 18.2 Å². The molecule has 2 rings (SSSR count). The third kappa shape index (κ3) is 3.33. The topological polar surface area (TPSA) is 90.0 Å². The summed E-state index contributed by atoms with van der Waals surface area (Å²) in [6.45, 7) is 4.09. The Hall–Kier alpha value is -2.09. The van der Waals surface area contributed by atoms with Crippen LogP contribution >= 0.6 is 0 Å². The van der Waals surface area contributed by atoms with Gasteiger partial charge in [-0.05, 0) is 37.1 Å². The Balaban J connectivity index is 2.31. The van der Waals surface area contributed by atoms with Crippen molar-refractivity contribution in [2.45, 2.75) is 31.7 Å². The number of nitrogen functional groups attached to an aromatic ring is 1. The molecule has 8 heteroatoms. The molecule has 0 bridgehead atoms. The SMILES string of the molecule is CCCn1cc(S(=O)(=O)Nc2ccc(F)c(C)c2)c(N)n1. The van der Waals surface area contributed by atoms with Crippen LogP contribution in [-0.2, 0) is 16.6 Å². The monoisotopic (exact) mass is 312 g/mol. The second-order valence-electron chi connectivity index (χ2n) is 4.71. The first-order chi connectivity index (χ1) is 9.83. The number of sulfonamides is 1. The van der Waals surface area contributed by atoms with E-state index >= 15 is 0 Å². The third-order valence-electron chi connectivity index (χ3n) is 2.91. The highest BCUT2D eigenvalue weighted by Crippen LogP contribution is 2.22. The Labute approximate surface area is 122 Å². The molecule has 2 aromatic rings. The lowest BCUT2D eigenvalue weighted by Crippen LogP contribution is -2.14. The largest absolute Gasteiger partial charge is 0.381 e. The smallest absolute Gasteiger partial charge is 0.267 e. The molecule has 1 heterocycles. The number of aromatic nitrogens is 2. The van der Waals surface area contributed by atoms with Crippen molar-refractivity contribution in [3.63, 3.8) is 0 Å². The van der Waals surface area contributed by atoms with Gasteiger partial charge in [0.2, 0.25) is 0 Å². The van der Waals surface area contributed by atoms with E-state index in [2.05, 4.69) is 9.82 Å². The number of nitrogens with one attached hydrogen (secondary N) is 1. The normalized spacial score (nSPS) is 11.6. The first kappa shape index (κ1) is 15.3. The molecule has 114 valence electrons. The summed E-state index contributed by atoms with van der Waals surface area (Å²) in [5.74, 6) is -0.456. The van der Waals surface area contributed by atoms with Crippen LogP contribution in [0, 0.1) is 12.7 Å². The molecular weight excluding hydrogens is 295 g/mol. The van der Waals surface area contributed by atoms with Crippen LogP contribution in [0.4, 0.5) is 15.9 Å². The fourth-order valence-electron chi connectivity index (χ4n) is 1.89. The maximum Gasteiger partial charge on any atom is 0.267 e. The van der Waals surface area contributed by atoms with Crippen molar-refractivity contribution in [2.75, 3.05) is 10.5 Å². The zero-order valence-corrected chi connectivity index (χ0v) is 12.6. The van der Waals surface area contributed by atoms with Crippen molar-refractivity contribution in [3.8, 4) is 0 Å². The van der Waals surface area contributed by atoms with Crippen molar-refractivity contribution < 1.29 is 12.8 Å². The third-order valence-corrected chi connectivity index (χ3v) is 4.31. The van der Waals surface area contributed by atoms with Gasteiger partial charge in [-0.15, -0.1) is 0 Å². The Kier molecular flexibility index (Phi) is 4.17. The number of halogens is 1. The summed E-state index contributed by atoms with van der Waals surface area (Å²) in [6.07, 6.45) is 2.20. The molecule has 0 unspecified atom stereocenters. The average Bonchev–Trinajstić information content (AvgIpc) is 2.76. The molecule has 0 radical (unpaired) electrons. The van der Waals surface area contributed by atoms with E-state index in [1.165, 1.54) is 29.1 Å². The van der Waals surface area contributed by atoms with Gasteiger partial charge in [-0.2, -0.15) is 5.10 Å². The minimum Gasteiger partial charge on any atom is -0.381 e. The van der Waals surface area contributed by atoms with Gasteiger partial charge in [0, 0.05) is 18.4 Å². The predicted octanol–water partition coefficient (Wildman–Crippen LogP) is 2.12. The predicted molar refractivity (Wildman–Crippen MR) is 78.9 cm³/mol. The first-order valence-corrected chi connectivity index (χ1v) is 7.93. The van der Waals surface area contributed by atoms with Gasteiger partial charge >= 0.3 is 0 Å². The van der Waals surface area contributed by atoms with Gasteiger partial charge in [-0.1, -0.05) is 6.92 Å². The number of rotatable bonds is 5. The number of benzene rings is 1. The fourth-order valence-corrected chi connectivity index (χ4v) is 3.01. The minimum absolute atomic E-state index is 0.0604. The van der Waals surface area contributed by atoms with Crippen LogP contribution in [0.3, 0.4) is 0 Å². The standard InChI is InChI=1S/C13H17FN4O2S/c1-3-6-18-8-12(13(15)16-18)21(19,20)17-10-4-5-11(14)9(2)7-10/h4-5,7-8,17H,3,6H2,1-2H3,(H2,15,16). The molecule has 21 heavy (non-hydrogen) atoms. The summed E-state index contributed by atoms with van der Waals surface area (Å²) >= 11 is 0. The summed E-state index contributed by atoms with van der Waals surface area (Å²) in [5.41, 5.74) is 6.28. The summed E-state index contributed by atoms with van der Waals surface area (Å²) in [5, 5.41) is 3.96. The fraction of sp³-hybridized carbons (Fsp3) is 0.308. The molecule has 0 aliphatic carbocycles. The molecule has 0 saturated heterocycles. The van der Waals surface area contributed by atoms with Crippen molar-refractivity contribution in [1.82, 2.24) is 9.78 Å². The summed E-state index contributed by atoms with van der Waals surface area (Å²) in [4.78, 5) is -0.0853. The van der Waals surface area contributed by atoms with E-state index in [1.54, 1.807) is 6.92 Å². The molecule has 6 nitrogen and oxygen atoms in total. The van der Waals surface area contributed by atoms with Gasteiger partial charge in [-0.25, -0.2) is 12.8 Å². The Morgan fingerprint density at radius 2 is 2.14 bits per heavy atom. The van der Waals surface area contributed by atoms with E-state index in [1.807, 2.05) is 6.92 Å². The van der Waals surface area contributed by atoms with E-state index in [0.717, 1.165) is 6.42 Å². The second kappa shape index (κ2) is 5.72. The number of aryl methyl sites for hydroxylation is 2. The van der Waals surface area contributed by atoms with E-state index in [-0.39, 0.29) is 16.4 Å². The number of nitrogens with two attached hydrogens (primary N) is 1. The van der Waals surface area contributed by atoms with E-state index in [4.69, 9.17) is 5.73 Å². The molecule has 0 atom stereocenters. The van der Waals surface area contributed by atoms with E-state index < -0.39 is 15.8 Å². The van der Waals surface area contributed by atoms with Crippen LogP contribution in [0.5, 0.6) is 0 Å². The summed E-state index contributed by atoms with van der Waals surface area (Å²) < 4.78 is 41.6. The second-order valence-corrected chi connectivity index (χ2v) is 6.36. The molecule has 0 amide bonds. The van der Waals surface area contributed by atoms with E-state index in [9.17, 15) is 12.8 Å². The molecule has 0 aliphatic heterocycles. The van der Waals surface area contributed by atoms with Gasteiger partial charge in [0.25, 0.3) is 10.0 Å². The average molecular weight is 312 g/mol. The quantitative estimate of drug-likeness (QED) is 0.885. The zero-order chi connectivity index (χ0) is 15.6. The Bertz CT molecular complexity index is 756. The lowest BCUT2D eigenvalue weighted by molar-refractivity contribution is 0.595. The Morgan fingerprint density at radius 1 is 1.43 bits per heavy atom. The zero-order valence-electron chi connectivity index (χ0n) is 11.8. The number of hydrogen-bond acceptors (Lipinski definition) is 4. The molecule has 1 aromatic heterocycles. The molecule has 0 saturated carbocycles. The van der Waals surface area contributed by atoms with Gasteiger partial charge in [0.15, 0.2) is 5.82 Å². The highest BCUT2D eigenvalue weighted by Gasteiger charge is 2.21. The Morgan fingerprint density at radius 3 is 2.76 bits per heavy atom. The maximum absolute atomic E-state index is 13.2. The van der Waals surface area contributed by atoms with Crippen LogP contribution in [0.1, 0.15) is 18.9 Å². The van der Waals surface area contributed by atoms with Crippen LogP contribution < -0.4 is 10.5 Å². The van der Waals surface area contributed by atoms with Gasteiger partial charge in [-0.3, -0.25) is 9.40 Å². The minimum atomic E-state index is -3.85. The van der Waals surface area contributed by atoms with Crippen LogP contribution in [0.25, 0.3) is 0 Å². The molecule has 0 spiro atoms. The maximum atomic E-state index is 13.2. The van der Waals surface area contributed by atoms with Gasteiger partial charge in [0.05, 0.1) is 0 Å². The van der Waals surface area contributed by atoms with Gasteiger partial charge in [0.1, 0.15) is 10.7 Å². The van der Waals surface area contributed by atoms with Crippen molar-refractivity contribution in [3.05, 3.63) is 35.8 Å². The number of hydrogen-bond donors (Lipinski definition) is 2.